The highest BCUT2D eigenvalue weighted by Crippen LogP contribution is 2.30. The lowest BCUT2D eigenvalue weighted by Crippen LogP contribution is -2.09. The van der Waals surface area contributed by atoms with Crippen molar-refractivity contribution in [3.63, 3.8) is 0 Å². The quantitative estimate of drug-likeness (QED) is 0.834. The largest absolute Gasteiger partial charge is 0.339 e. The van der Waals surface area contributed by atoms with Crippen LogP contribution in [0.3, 0.4) is 0 Å². The van der Waals surface area contributed by atoms with Crippen LogP contribution >= 0.6 is 11.6 Å². The smallest absolute Gasteiger partial charge is 0.108 e. The van der Waals surface area contributed by atoms with Crippen molar-refractivity contribution in [1.82, 2.24) is 4.57 Å². The molecule has 4 heteroatoms. The lowest BCUT2D eigenvalue weighted by molar-refractivity contribution is 0.118. The van der Waals surface area contributed by atoms with Crippen LogP contribution < -0.4 is 5.90 Å². The van der Waals surface area contributed by atoms with Crippen LogP contribution in [0.25, 0.3) is 10.9 Å². The summed E-state index contributed by atoms with van der Waals surface area (Å²) >= 11 is 6.23. The van der Waals surface area contributed by atoms with E-state index in [1.165, 1.54) is 0 Å². The molecule has 86 valence electrons. The van der Waals surface area contributed by atoms with Crippen LogP contribution in [0.15, 0.2) is 24.3 Å². The molecule has 2 aromatic rings. The summed E-state index contributed by atoms with van der Waals surface area (Å²) < 4.78 is 2.16. The van der Waals surface area contributed by atoms with Crippen LogP contribution in [-0.4, -0.2) is 4.57 Å². The zero-order chi connectivity index (χ0) is 11.7. The highest BCUT2D eigenvalue weighted by molar-refractivity contribution is 6.35. The Kier molecular flexibility index (Phi) is 3.19. The highest BCUT2D eigenvalue weighted by Gasteiger charge is 2.13. The maximum absolute atomic E-state index is 6.23. The summed E-state index contributed by atoms with van der Waals surface area (Å²) in [7, 11) is 0. The first-order valence-corrected chi connectivity index (χ1v) is 5.63. The van der Waals surface area contributed by atoms with Crippen molar-refractivity contribution in [2.45, 2.75) is 26.5 Å². The van der Waals surface area contributed by atoms with Gasteiger partial charge >= 0.3 is 0 Å². The summed E-state index contributed by atoms with van der Waals surface area (Å²) in [6.07, 6.45) is 0. The van der Waals surface area contributed by atoms with Gasteiger partial charge in [-0.25, -0.2) is 5.90 Å². The van der Waals surface area contributed by atoms with E-state index in [0.717, 1.165) is 21.6 Å². The highest BCUT2D eigenvalue weighted by atomic mass is 35.5. The summed E-state index contributed by atoms with van der Waals surface area (Å²) in [5.74, 6) is 5.14. The second kappa shape index (κ2) is 4.45. The molecular formula is C12H15ClN2O. The molecule has 0 fully saturated rings. The van der Waals surface area contributed by atoms with Crippen molar-refractivity contribution in [2.24, 2.45) is 5.90 Å². The molecule has 0 radical (unpaired) electrons. The molecule has 0 aliphatic carbocycles. The van der Waals surface area contributed by atoms with Crippen molar-refractivity contribution in [3.8, 4) is 0 Å². The molecule has 0 bridgehead atoms. The predicted octanol–water partition coefficient (Wildman–Crippen LogP) is 3.27. The first kappa shape index (κ1) is 11.5. The number of nitrogens with two attached hydrogens (primary N) is 1. The van der Waals surface area contributed by atoms with E-state index in [0.29, 0.717) is 12.6 Å². The number of benzene rings is 1. The third kappa shape index (κ3) is 1.82. The average molecular weight is 239 g/mol. The van der Waals surface area contributed by atoms with Crippen molar-refractivity contribution >= 4 is 22.5 Å². The fourth-order valence-corrected chi connectivity index (χ4v) is 2.35. The maximum Gasteiger partial charge on any atom is 0.108 e. The number of nitrogens with zero attached hydrogens (tertiary/aromatic N) is 1. The van der Waals surface area contributed by atoms with E-state index in [2.05, 4.69) is 24.5 Å². The molecule has 0 saturated heterocycles. The Balaban J connectivity index is 2.72. The molecular weight excluding hydrogens is 224 g/mol. The van der Waals surface area contributed by atoms with E-state index in [1.54, 1.807) is 0 Å². The lowest BCUT2D eigenvalue weighted by atomic mass is 10.2. The van der Waals surface area contributed by atoms with E-state index in [9.17, 15) is 0 Å². The molecule has 0 spiro atoms. The Hall–Kier alpha value is -1.03. The van der Waals surface area contributed by atoms with Crippen LogP contribution in [0.5, 0.6) is 0 Å². The first-order valence-electron chi connectivity index (χ1n) is 5.25. The summed E-state index contributed by atoms with van der Waals surface area (Å²) in [6.45, 7) is 4.62. The molecule has 0 atom stereocenters. The van der Waals surface area contributed by atoms with Gasteiger partial charge in [-0.3, -0.25) is 4.84 Å². The van der Waals surface area contributed by atoms with E-state index < -0.39 is 0 Å². The van der Waals surface area contributed by atoms with Gasteiger partial charge in [0.05, 0.1) is 10.5 Å². The standard InChI is InChI=1S/C12H15ClN2O/c1-8(2)15-10(7-16-14)6-9-4-3-5-11(13)12(9)15/h3-6,8H,7,14H2,1-2H3. The van der Waals surface area contributed by atoms with Crippen molar-refractivity contribution < 1.29 is 4.84 Å². The fourth-order valence-electron chi connectivity index (χ4n) is 2.08. The third-order valence-electron chi connectivity index (χ3n) is 2.64. The number of hydrogen-bond donors (Lipinski definition) is 1. The summed E-state index contributed by atoms with van der Waals surface area (Å²) in [4.78, 5) is 4.72. The van der Waals surface area contributed by atoms with Gasteiger partial charge in [0.15, 0.2) is 0 Å². The van der Waals surface area contributed by atoms with E-state index in [1.807, 2.05) is 18.2 Å². The Morgan fingerprint density at radius 2 is 2.19 bits per heavy atom. The molecule has 0 unspecified atom stereocenters. The van der Waals surface area contributed by atoms with Gasteiger partial charge in [-0.1, -0.05) is 23.7 Å². The van der Waals surface area contributed by atoms with Gasteiger partial charge in [-0.15, -0.1) is 0 Å². The number of halogens is 1. The molecule has 0 aliphatic rings. The van der Waals surface area contributed by atoms with Crippen LogP contribution in [0, 0.1) is 0 Å². The number of para-hydroxylation sites is 1. The molecule has 1 aromatic heterocycles. The molecule has 0 amide bonds. The van der Waals surface area contributed by atoms with E-state index in [4.69, 9.17) is 22.3 Å². The maximum atomic E-state index is 6.23. The molecule has 16 heavy (non-hydrogen) atoms. The third-order valence-corrected chi connectivity index (χ3v) is 2.94. The van der Waals surface area contributed by atoms with Gasteiger partial charge in [0.2, 0.25) is 0 Å². The minimum absolute atomic E-state index is 0.322. The molecule has 0 aliphatic heterocycles. The molecule has 1 heterocycles. The second-order valence-electron chi connectivity index (χ2n) is 4.09. The predicted molar refractivity (Wildman–Crippen MR) is 66.3 cm³/mol. The summed E-state index contributed by atoms with van der Waals surface area (Å²) in [6, 6.07) is 8.27. The molecule has 2 N–H and O–H groups in total. The van der Waals surface area contributed by atoms with Gasteiger partial charge in [-0.2, -0.15) is 0 Å². The molecule has 3 nitrogen and oxygen atoms in total. The Morgan fingerprint density at radius 1 is 1.44 bits per heavy atom. The molecule has 1 aromatic carbocycles. The van der Waals surface area contributed by atoms with Crippen LogP contribution in [0.2, 0.25) is 5.02 Å². The average Bonchev–Trinajstić information content (AvgIpc) is 2.58. The summed E-state index contributed by atoms with van der Waals surface area (Å²) in [5, 5.41) is 1.88. The lowest BCUT2D eigenvalue weighted by Gasteiger charge is -2.14. The van der Waals surface area contributed by atoms with Crippen LogP contribution in [-0.2, 0) is 11.4 Å². The zero-order valence-electron chi connectivity index (χ0n) is 9.40. The zero-order valence-corrected chi connectivity index (χ0v) is 10.2. The Bertz CT molecular complexity index is 505. The SMILES string of the molecule is CC(C)n1c(CON)cc2cccc(Cl)c21. The van der Waals surface area contributed by atoms with Gasteiger partial charge < -0.3 is 4.57 Å². The first-order chi connectivity index (χ1) is 7.65. The number of fused-ring (bicyclic) bond motifs is 1. The topological polar surface area (TPSA) is 40.2 Å². The fraction of sp³-hybridized carbons (Fsp3) is 0.333. The number of rotatable bonds is 3. The molecule has 0 saturated carbocycles. The Labute approximate surface area is 99.7 Å². The minimum atomic E-state index is 0.322. The van der Waals surface area contributed by atoms with Gasteiger partial charge in [0.1, 0.15) is 6.61 Å². The van der Waals surface area contributed by atoms with E-state index in [-0.39, 0.29) is 0 Å². The summed E-state index contributed by atoms with van der Waals surface area (Å²) in [5.41, 5.74) is 2.09. The van der Waals surface area contributed by atoms with Crippen molar-refractivity contribution in [2.75, 3.05) is 0 Å². The van der Waals surface area contributed by atoms with Crippen LogP contribution in [0.4, 0.5) is 0 Å². The van der Waals surface area contributed by atoms with Gasteiger partial charge in [-0.05, 0) is 26.0 Å². The van der Waals surface area contributed by atoms with Crippen molar-refractivity contribution in [1.29, 1.82) is 0 Å². The van der Waals surface area contributed by atoms with Gasteiger partial charge in [0.25, 0.3) is 0 Å². The number of aromatic nitrogens is 1. The monoisotopic (exact) mass is 238 g/mol. The molecule has 2 rings (SSSR count). The van der Waals surface area contributed by atoms with Crippen LogP contribution in [0.1, 0.15) is 25.6 Å². The number of hydrogen-bond acceptors (Lipinski definition) is 2. The van der Waals surface area contributed by atoms with Gasteiger partial charge in [0, 0.05) is 17.1 Å². The Morgan fingerprint density at radius 3 is 2.81 bits per heavy atom. The normalized spacial score (nSPS) is 11.6. The minimum Gasteiger partial charge on any atom is -0.339 e. The van der Waals surface area contributed by atoms with E-state index >= 15 is 0 Å². The van der Waals surface area contributed by atoms with Crippen molar-refractivity contribution in [3.05, 3.63) is 35.0 Å². The second-order valence-corrected chi connectivity index (χ2v) is 4.50.